The number of alkyl halides is 6. The first-order valence-corrected chi connectivity index (χ1v) is 14.1. The Morgan fingerprint density at radius 1 is 1.12 bits per heavy atom. The molecule has 1 spiro atoms. The van der Waals surface area contributed by atoms with Gasteiger partial charge in [-0.3, -0.25) is 9.59 Å². The molecule has 3 heterocycles. The van der Waals surface area contributed by atoms with Crippen molar-refractivity contribution in [2.24, 2.45) is 11.1 Å². The molecule has 4 N–H and O–H groups in total. The van der Waals surface area contributed by atoms with E-state index in [0.29, 0.717) is 29.5 Å². The maximum Gasteiger partial charge on any atom is 0.429 e. The minimum absolute atomic E-state index is 0.00209. The van der Waals surface area contributed by atoms with Crippen LogP contribution in [0.5, 0.6) is 11.6 Å². The molecule has 0 aromatic carbocycles. The van der Waals surface area contributed by atoms with Crippen LogP contribution in [0.25, 0.3) is 5.52 Å². The molecular weight excluding hydrogens is 608 g/mol. The van der Waals surface area contributed by atoms with Gasteiger partial charge in [-0.25, -0.2) is 9.97 Å². The van der Waals surface area contributed by atoms with Crippen molar-refractivity contribution in [2.75, 3.05) is 6.61 Å². The molecule has 2 amide bonds. The van der Waals surface area contributed by atoms with Gasteiger partial charge in [0.2, 0.25) is 5.88 Å². The van der Waals surface area contributed by atoms with Crippen LogP contribution in [0.15, 0.2) is 24.7 Å². The Morgan fingerprint density at radius 3 is 2.40 bits per heavy atom. The molecule has 17 heteroatoms. The van der Waals surface area contributed by atoms with Crippen molar-refractivity contribution in [1.82, 2.24) is 19.7 Å². The van der Waals surface area contributed by atoms with Crippen LogP contribution >= 0.6 is 11.3 Å². The second-order valence-electron chi connectivity index (χ2n) is 11.4. The van der Waals surface area contributed by atoms with Crippen molar-refractivity contribution < 1.29 is 50.5 Å². The third kappa shape index (κ3) is 5.36. The molecule has 0 aliphatic heterocycles. The summed E-state index contributed by atoms with van der Waals surface area (Å²) in [5, 5.41) is 13.0. The highest BCUT2D eigenvalue weighted by Gasteiger charge is 2.71. The van der Waals surface area contributed by atoms with Crippen LogP contribution in [-0.2, 0) is 0 Å². The first-order valence-electron chi connectivity index (χ1n) is 13.3. The highest BCUT2D eigenvalue weighted by atomic mass is 32.1. The fourth-order valence-corrected chi connectivity index (χ4v) is 6.66. The van der Waals surface area contributed by atoms with Gasteiger partial charge in [0, 0.05) is 12.0 Å². The summed E-state index contributed by atoms with van der Waals surface area (Å²) in [4.78, 5) is 33.5. The van der Waals surface area contributed by atoms with Crippen molar-refractivity contribution in [1.29, 1.82) is 0 Å². The standard InChI is InChI=1S/C26H25F6N5O5S/c27-25(28,29)24(40,26(30,31)32)10-41-14-3-4-16-17(34-11-37(16)9-14)20(39)35-13-5-23(6-13)7-15(8-23)42-21-18(19(33)38)43-22(36-21)12-1-2-12/h3-4,9,11-13,15,40H,1-2,5-8,10H2,(H2,33,38)(H,35,39)/t13-,15-,23?. The molecule has 3 aromatic heterocycles. The summed E-state index contributed by atoms with van der Waals surface area (Å²) in [6, 6.07) is 2.21. The molecule has 3 aliphatic carbocycles. The summed E-state index contributed by atoms with van der Waals surface area (Å²) in [6.07, 6.45) is -4.96. The number of carbonyl (C=O) groups is 2. The molecule has 43 heavy (non-hydrogen) atoms. The zero-order valence-corrected chi connectivity index (χ0v) is 23.0. The van der Waals surface area contributed by atoms with E-state index >= 15 is 0 Å². The van der Waals surface area contributed by atoms with Crippen molar-refractivity contribution >= 4 is 28.7 Å². The van der Waals surface area contributed by atoms with Crippen molar-refractivity contribution in [3.05, 3.63) is 40.2 Å². The molecule has 3 aromatic rings. The molecule has 232 valence electrons. The topological polar surface area (TPSA) is 141 Å². The van der Waals surface area contributed by atoms with E-state index in [1.165, 1.54) is 28.1 Å². The lowest BCUT2D eigenvalue weighted by molar-refractivity contribution is -0.373. The minimum atomic E-state index is -6.02. The zero-order valence-electron chi connectivity index (χ0n) is 22.2. The van der Waals surface area contributed by atoms with Crippen molar-refractivity contribution in [2.45, 2.75) is 74.5 Å². The van der Waals surface area contributed by atoms with Gasteiger partial charge in [-0.1, -0.05) is 0 Å². The lowest BCUT2D eigenvalue weighted by Gasteiger charge is -2.57. The maximum atomic E-state index is 12.9. The summed E-state index contributed by atoms with van der Waals surface area (Å²) in [6.45, 7) is -2.11. The number of nitrogens with one attached hydrogen (secondary N) is 1. The number of imidazole rings is 1. The molecule has 10 nitrogen and oxygen atoms in total. The van der Waals surface area contributed by atoms with Crippen LogP contribution in [-0.4, -0.2) is 68.0 Å². The summed E-state index contributed by atoms with van der Waals surface area (Å²) in [5.41, 5.74) is 0.694. The van der Waals surface area contributed by atoms with E-state index in [9.17, 15) is 41.0 Å². The van der Waals surface area contributed by atoms with Gasteiger partial charge < -0.3 is 30.0 Å². The number of halogens is 6. The summed E-state index contributed by atoms with van der Waals surface area (Å²) < 4.78 is 89.3. The van der Waals surface area contributed by atoms with Crippen LogP contribution < -0.4 is 20.5 Å². The third-order valence-electron chi connectivity index (χ3n) is 8.16. The van der Waals surface area contributed by atoms with Crippen molar-refractivity contribution in [3.63, 3.8) is 0 Å². The molecule has 0 saturated heterocycles. The van der Waals surface area contributed by atoms with E-state index in [-0.39, 0.29) is 28.8 Å². The van der Waals surface area contributed by atoms with E-state index in [0.717, 1.165) is 43.0 Å². The largest absolute Gasteiger partial charge is 0.488 e. The molecule has 0 atom stereocenters. The van der Waals surface area contributed by atoms with Gasteiger partial charge in [-0.2, -0.15) is 26.3 Å². The van der Waals surface area contributed by atoms with Crippen LogP contribution in [0, 0.1) is 5.41 Å². The molecule has 0 radical (unpaired) electrons. The van der Waals surface area contributed by atoms with Gasteiger partial charge in [0.1, 0.15) is 29.8 Å². The van der Waals surface area contributed by atoms with Crippen LogP contribution in [0.1, 0.15) is 69.6 Å². The van der Waals surface area contributed by atoms with E-state index in [4.69, 9.17) is 10.5 Å². The van der Waals surface area contributed by atoms with Crippen LogP contribution in [0.3, 0.4) is 0 Å². The average Bonchev–Trinajstić information content (AvgIpc) is 3.49. The highest BCUT2D eigenvalue weighted by Crippen LogP contribution is 2.57. The third-order valence-corrected chi connectivity index (χ3v) is 9.37. The first-order chi connectivity index (χ1) is 20.1. The van der Waals surface area contributed by atoms with Gasteiger partial charge in [-0.05, 0) is 56.1 Å². The molecular formula is C26H25F6N5O5S. The monoisotopic (exact) mass is 633 g/mol. The van der Waals surface area contributed by atoms with Crippen LogP contribution in [0.2, 0.25) is 0 Å². The predicted octanol–water partition coefficient (Wildman–Crippen LogP) is 4.12. The summed E-state index contributed by atoms with van der Waals surface area (Å²) in [7, 11) is 0. The molecule has 3 saturated carbocycles. The van der Waals surface area contributed by atoms with E-state index < -0.39 is 42.1 Å². The van der Waals surface area contributed by atoms with Gasteiger partial charge in [0.15, 0.2) is 10.6 Å². The number of rotatable bonds is 9. The van der Waals surface area contributed by atoms with E-state index in [2.05, 4.69) is 20.0 Å². The van der Waals surface area contributed by atoms with E-state index in [1.807, 2.05) is 0 Å². The normalized spacial score (nSPS) is 24.0. The molecule has 0 unspecified atom stereocenters. The Hall–Kier alpha value is -3.60. The number of carbonyl (C=O) groups excluding carboxylic acids is 2. The Balaban J connectivity index is 1.02. The van der Waals surface area contributed by atoms with Crippen molar-refractivity contribution in [3.8, 4) is 11.6 Å². The fourth-order valence-electron chi connectivity index (χ4n) is 5.64. The number of hydrogen-bond acceptors (Lipinski definition) is 8. The zero-order chi connectivity index (χ0) is 30.9. The van der Waals surface area contributed by atoms with Crippen LogP contribution in [0.4, 0.5) is 26.3 Å². The number of primary amides is 1. The number of aliphatic hydroxyl groups is 1. The van der Waals surface area contributed by atoms with E-state index in [1.54, 1.807) is 0 Å². The predicted molar refractivity (Wildman–Crippen MR) is 137 cm³/mol. The highest BCUT2D eigenvalue weighted by molar-refractivity contribution is 7.14. The Labute approximate surface area is 243 Å². The number of fused-ring (bicyclic) bond motifs is 1. The number of thiazole rings is 1. The SMILES string of the molecule is NC(=O)c1sc(C2CC2)nc1O[C@H]1CC2(C[C@H](NC(=O)c3ncn4cc(OCC(O)(C(F)(F)F)C(F)(F)F)ccc34)C2)C1. The number of nitrogens with two attached hydrogens (primary N) is 1. The second kappa shape index (κ2) is 9.97. The number of nitrogens with zero attached hydrogens (tertiary/aromatic N) is 3. The fraction of sp³-hybridized carbons (Fsp3) is 0.538. The Kier molecular flexibility index (Phi) is 6.83. The van der Waals surface area contributed by atoms with Gasteiger partial charge in [-0.15, -0.1) is 11.3 Å². The second-order valence-corrected chi connectivity index (χ2v) is 12.5. The number of amides is 2. The van der Waals surface area contributed by atoms with Gasteiger partial charge >= 0.3 is 12.4 Å². The molecule has 6 rings (SSSR count). The quantitative estimate of drug-likeness (QED) is 0.301. The lowest BCUT2D eigenvalue weighted by Crippen LogP contribution is -2.60. The number of pyridine rings is 1. The van der Waals surface area contributed by atoms with Gasteiger partial charge in [0.05, 0.1) is 11.7 Å². The Bertz CT molecular complexity index is 1550. The Morgan fingerprint density at radius 2 is 1.79 bits per heavy atom. The minimum Gasteiger partial charge on any atom is -0.488 e. The number of hydrogen-bond donors (Lipinski definition) is 3. The average molecular weight is 634 g/mol. The summed E-state index contributed by atoms with van der Waals surface area (Å²) >= 11 is 1.28. The smallest absolute Gasteiger partial charge is 0.429 e. The summed E-state index contributed by atoms with van der Waals surface area (Å²) in [5.74, 6) is -0.802. The molecule has 3 aliphatic rings. The van der Waals surface area contributed by atoms with Gasteiger partial charge in [0.25, 0.3) is 17.4 Å². The molecule has 0 bridgehead atoms. The number of aromatic nitrogens is 3. The molecule has 3 fully saturated rings. The lowest BCUT2D eigenvalue weighted by atomic mass is 9.53. The maximum absolute atomic E-state index is 12.9. The number of ether oxygens (including phenoxy) is 2. The first kappa shape index (κ1) is 29.5.